The molecule has 4 nitrogen and oxygen atoms in total. The molecule has 1 aliphatic rings. The second-order valence-corrected chi connectivity index (χ2v) is 5.61. The molecular formula is C16H18N2O2S. The summed E-state index contributed by atoms with van der Waals surface area (Å²) in [6.07, 6.45) is 0.869. The van der Waals surface area contributed by atoms with E-state index in [-0.39, 0.29) is 0 Å². The van der Waals surface area contributed by atoms with E-state index in [1.54, 1.807) is 0 Å². The smallest absolute Gasteiger partial charge is 0.226 e. The summed E-state index contributed by atoms with van der Waals surface area (Å²) in [5.74, 6) is 1.51. The van der Waals surface area contributed by atoms with Crippen LogP contribution in [0.5, 0.6) is 0 Å². The van der Waals surface area contributed by atoms with E-state index in [4.69, 9.17) is 16.6 Å². The molecule has 1 aromatic carbocycles. The average molecular weight is 302 g/mol. The minimum atomic E-state index is -0.557. The Kier molecular flexibility index (Phi) is 4.03. The van der Waals surface area contributed by atoms with Gasteiger partial charge in [-0.05, 0) is 18.6 Å². The van der Waals surface area contributed by atoms with E-state index in [9.17, 15) is 5.11 Å². The molecule has 1 aromatic heterocycles. The highest BCUT2D eigenvalue weighted by Gasteiger charge is 2.26. The van der Waals surface area contributed by atoms with Gasteiger partial charge in [-0.1, -0.05) is 37.3 Å². The van der Waals surface area contributed by atoms with Crippen molar-refractivity contribution in [1.29, 1.82) is 0 Å². The molecule has 1 unspecified atom stereocenters. The molecule has 2 heterocycles. The molecule has 110 valence electrons. The lowest BCUT2D eigenvalue weighted by Gasteiger charge is -2.29. The SMILES string of the molecule is CCC(O)C(=S)N1CCc2nc(-c3ccccc3)oc2C1. The van der Waals surface area contributed by atoms with Crippen LogP contribution < -0.4 is 0 Å². The van der Waals surface area contributed by atoms with Crippen LogP contribution >= 0.6 is 12.2 Å². The second-order valence-electron chi connectivity index (χ2n) is 5.19. The third kappa shape index (κ3) is 2.84. The summed E-state index contributed by atoms with van der Waals surface area (Å²) in [6, 6.07) is 9.88. The minimum absolute atomic E-state index is 0.557. The topological polar surface area (TPSA) is 49.5 Å². The molecule has 1 N–H and O–H groups in total. The first-order chi connectivity index (χ1) is 10.2. The normalized spacial score (nSPS) is 15.6. The Labute approximate surface area is 129 Å². The molecule has 0 fully saturated rings. The number of rotatable bonds is 3. The summed E-state index contributed by atoms with van der Waals surface area (Å²) in [5, 5.41) is 9.88. The summed E-state index contributed by atoms with van der Waals surface area (Å²) in [6.45, 7) is 3.29. The van der Waals surface area contributed by atoms with Crippen molar-refractivity contribution in [1.82, 2.24) is 9.88 Å². The highest BCUT2D eigenvalue weighted by molar-refractivity contribution is 7.80. The summed E-state index contributed by atoms with van der Waals surface area (Å²) >= 11 is 5.34. The van der Waals surface area contributed by atoms with Crippen LogP contribution in [-0.2, 0) is 13.0 Å². The number of aromatic nitrogens is 1. The molecule has 1 aliphatic heterocycles. The minimum Gasteiger partial charge on any atom is -0.439 e. The quantitative estimate of drug-likeness (QED) is 0.884. The zero-order valence-corrected chi connectivity index (χ0v) is 12.8. The van der Waals surface area contributed by atoms with Gasteiger partial charge in [-0.3, -0.25) is 0 Å². The van der Waals surface area contributed by atoms with Crippen molar-refractivity contribution in [3.05, 3.63) is 41.8 Å². The Morgan fingerprint density at radius 1 is 1.43 bits per heavy atom. The number of hydrogen-bond donors (Lipinski definition) is 1. The largest absolute Gasteiger partial charge is 0.439 e. The summed E-state index contributed by atoms with van der Waals surface area (Å²) in [4.78, 5) is 7.18. The van der Waals surface area contributed by atoms with Crippen molar-refractivity contribution in [2.45, 2.75) is 32.4 Å². The fourth-order valence-electron chi connectivity index (χ4n) is 2.47. The van der Waals surface area contributed by atoms with Crippen molar-refractivity contribution in [3.63, 3.8) is 0 Å². The maximum atomic E-state index is 9.88. The first kappa shape index (κ1) is 14.2. The molecule has 3 rings (SSSR count). The van der Waals surface area contributed by atoms with Crippen molar-refractivity contribution >= 4 is 17.2 Å². The fourth-order valence-corrected chi connectivity index (χ4v) is 2.80. The summed E-state index contributed by atoms with van der Waals surface area (Å²) < 4.78 is 5.89. The molecule has 0 radical (unpaired) electrons. The van der Waals surface area contributed by atoms with E-state index in [0.29, 0.717) is 23.8 Å². The predicted molar refractivity (Wildman–Crippen MR) is 84.9 cm³/mol. The lowest BCUT2D eigenvalue weighted by Crippen LogP contribution is -2.40. The lowest BCUT2D eigenvalue weighted by atomic mass is 10.1. The van der Waals surface area contributed by atoms with Gasteiger partial charge in [-0.15, -0.1) is 0 Å². The zero-order valence-electron chi connectivity index (χ0n) is 12.0. The van der Waals surface area contributed by atoms with E-state index in [0.717, 1.165) is 30.0 Å². The number of aliphatic hydroxyl groups is 1. The third-order valence-corrected chi connectivity index (χ3v) is 4.27. The molecule has 21 heavy (non-hydrogen) atoms. The van der Waals surface area contributed by atoms with Gasteiger partial charge in [0, 0.05) is 18.5 Å². The Bertz CT molecular complexity index is 639. The summed E-state index contributed by atoms with van der Waals surface area (Å²) in [7, 11) is 0. The first-order valence-corrected chi connectivity index (χ1v) is 7.60. The third-order valence-electron chi connectivity index (χ3n) is 3.74. The monoisotopic (exact) mass is 302 g/mol. The number of nitrogens with zero attached hydrogens (tertiary/aromatic N) is 2. The maximum Gasteiger partial charge on any atom is 0.226 e. The number of benzene rings is 1. The van der Waals surface area contributed by atoms with Crippen molar-refractivity contribution in [3.8, 4) is 11.5 Å². The second kappa shape index (κ2) is 5.95. The lowest BCUT2D eigenvalue weighted by molar-refractivity contribution is 0.212. The number of thiocarbonyl (C=S) groups is 1. The molecule has 0 saturated carbocycles. The van der Waals surface area contributed by atoms with Crippen LogP contribution in [0.15, 0.2) is 34.7 Å². The van der Waals surface area contributed by atoms with Crippen LogP contribution in [0.3, 0.4) is 0 Å². The van der Waals surface area contributed by atoms with Gasteiger partial charge < -0.3 is 14.4 Å². The van der Waals surface area contributed by atoms with Crippen LogP contribution in [0.2, 0.25) is 0 Å². The van der Waals surface area contributed by atoms with Crippen LogP contribution in [0, 0.1) is 0 Å². The van der Waals surface area contributed by atoms with Crippen LogP contribution in [0.25, 0.3) is 11.5 Å². The van der Waals surface area contributed by atoms with Gasteiger partial charge in [0.2, 0.25) is 5.89 Å². The maximum absolute atomic E-state index is 9.88. The van der Waals surface area contributed by atoms with E-state index in [1.807, 2.05) is 42.2 Å². The molecule has 0 spiro atoms. The van der Waals surface area contributed by atoms with Gasteiger partial charge in [-0.2, -0.15) is 0 Å². The van der Waals surface area contributed by atoms with Gasteiger partial charge in [0.25, 0.3) is 0 Å². The number of oxazole rings is 1. The Morgan fingerprint density at radius 2 is 2.19 bits per heavy atom. The number of fused-ring (bicyclic) bond motifs is 1. The molecule has 0 saturated heterocycles. The van der Waals surface area contributed by atoms with Gasteiger partial charge >= 0.3 is 0 Å². The molecule has 2 aromatic rings. The van der Waals surface area contributed by atoms with Gasteiger partial charge in [0.05, 0.1) is 12.2 Å². The number of aliphatic hydroxyl groups excluding tert-OH is 1. The van der Waals surface area contributed by atoms with E-state index in [1.165, 1.54) is 0 Å². The van der Waals surface area contributed by atoms with E-state index in [2.05, 4.69) is 4.98 Å². The van der Waals surface area contributed by atoms with Gasteiger partial charge in [0.15, 0.2) is 0 Å². The molecule has 0 bridgehead atoms. The number of hydrogen-bond acceptors (Lipinski definition) is 4. The zero-order chi connectivity index (χ0) is 14.8. The van der Waals surface area contributed by atoms with Crippen LogP contribution in [-0.4, -0.2) is 32.6 Å². The van der Waals surface area contributed by atoms with Crippen molar-refractivity contribution in [2.75, 3.05) is 6.54 Å². The molecule has 1 atom stereocenters. The summed E-state index contributed by atoms with van der Waals surface area (Å²) in [5.41, 5.74) is 1.98. The van der Waals surface area contributed by atoms with Crippen molar-refractivity contribution in [2.24, 2.45) is 0 Å². The molecule has 0 amide bonds. The van der Waals surface area contributed by atoms with Crippen LogP contribution in [0.4, 0.5) is 0 Å². The Hall–Kier alpha value is -1.72. The Balaban J connectivity index is 1.81. The highest BCUT2D eigenvalue weighted by Crippen LogP contribution is 2.26. The van der Waals surface area contributed by atoms with Crippen molar-refractivity contribution < 1.29 is 9.52 Å². The van der Waals surface area contributed by atoms with Gasteiger partial charge in [-0.25, -0.2) is 4.98 Å². The van der Waals surface area contributed by atoms with Crippen LogP contribution in [0.1, 0.15) is 24.8 Å². The average Bonchev–Trinajstić information content (AvgIpc) is 2.97. The molecule has 0 aliphatic carbocycles. The van der Waals surface area contributed by atoms with E-state index < -0.39 is 6.10 Å². The fraction of sp³-hybridized carbons (Fsp3) is 0.375. The molecule has 5 heteroatoms. The highest BCUT2D eigenvalue weighted by atomic mass is 32.1. The molecular weight excluding hydrogens is 284 g/mol. The van der Waals surface area contributed by atoms with E-state index >= 15 is 0 Å². The van der Waals surface area contributed by atoms with Gasteiger partial charge in [0.1, 0.15) is 16.9 Å². The first-order valence-electron chi connectivity index (χ1n) is 7.20. The Morgan fingerprint density at radius 3 is 2.90 bits per heavy atom. The predicted octanol–water partition coefficient (Wildman–Crippen LogP) is 2.80. The standard InChI is InChI=1S/C16H18N2O2S/c1-2-13(19)16(21)18-9-8-12-14(10-18)20-15(17-12)11-6-4-3-5-7-11/h3-7,13,19H,2,8-10H2,1H3.